The van der Waals surface area contributed by atoms with Crippen LogP contribution in [0, 0.1) is 6.92 Å². The molecule has 1 aliphatic heterocycles. The molecule has 0 saturated heterocycles. The monoisotopic (exact) mass is 505 g/mol. The highest BCUT2D eigenvalue weighted by Crippen LogP contribution is 2.31. The van der Waals surface area contributed by atoms with Crippen molar-refractivity contribution in [3.63, 3.8) is 0 Å². The van der Waals surface area contributed by atoms with Crippen LogP contribution in [0.25, 0.3) is 17.0 Å². The Morgan fingerprint density at radius 2 is 1.71 bits per heavy atom. The maximum Gasteiger partial charge on any atom is 0.673 e. The molecule has 0 bridgehead atoms. The number of hydrogen-bond donors (Lipinski definition) is 0. The van der Waals surface area contributed by atoms with Gasteiger partial charge in [0.15, 0.2) is 11.0 Å². The molecule has 0 unspecified atom stereocenters. The van der Waals surface area contributed by atoms with Gasteiger partial charge in [0.2, 0.25) is 0 Å². The second-order valence-electron chi connectivity index (χ2n) is 7.83. The van der Waals surface area contributed by atoms with E-state index in [-0.39, 0.29) is 0 Å². The quantitative estimate of drug-likeness (QED) is 0.135. The van der Waals surface area contributed by atoms with Gasteiger partial charge in [-0.05, 0) is 24.6 Å². The molecule has 0 fully saturated rings. The van der Waals surface area contributed by atoms with Gasteiger partial charge in [-0.15, -0.1) is 0 Å². The highest BCUT2D eigenvalue weighted by Gasteiger charge is 2.30. The molecule has 184 valence electrons. The van der Waals surface area contributed by atoms with E-state index in [0.29, 0.717) is 19.8 Å². The van der Waals surface area contributed by atoms with Crippen LogP contribution in [-0.4, -0.2) is 29.4 Å². The lowest BCUT2D eigenvalue weighted by atomic mass is 10.2. The third-order valence-electron chi connectivity index (χ3n) is 5.32. The smallest absolute Gasteiger partial charge is 0.493 e. The molecular formula is C24H24BF4N3O2S. The summed E-state index contributed by atoms with van der Waals surface area (Å²) in [6.07, 6.45) is 2.93. The summed E-state index contributed by atoms with van der Waals surface area (Å²) < 4.78 is 55.2. The first-order valence-corrected chi connectivity index (χ1v) is 12.0. The van der Waals surface area contributed by atoms with Gasteiger partial charge in [0.1, 0.15) is 11.4 Å². The number of pyridine rings is 1. The fraction of sp³-hybridized carbons (Fsp3) is 0.250. The van der Waals surface area contributed by atoms with E-state index < -0.39 is 7.25 Å². The van der Waals surface area contributed by atoms with Crippen LogP contribution < -0.4 is 9.30 Å². The van der Waals surface area contributed by atoms with Crippen molar-refractivity contribution in [1.29, 1.82) is 0 Å². The van der Waals surface area contributed by atoms with Gasteiger partial charge in [-0.25, -0.2) is 4.57 Å². The second-order valence-corrected chi connectivity index (χ2v) is 8.74. The van der Waals surface area contributed by atoms with Crippen LogP contribution in [0.3, 0.4) is 0 Å². The number of halogens is 4. The van der Waals surface area contributed by atoms with Gasteiger partial charge in [0.05, 0.1) is 31.8 Å². The summed E-state index contributed by atoms with van der Waals surface area (Å²) >= 11 is 1.78. The van der Waals surface area contributed by atoms with E-state index in [9.17, 15) is 17.3 Å². The zero-order valence-corrected chi connectivity index (χ0v) is 19.9. The predicted octanol–water partition coefficient (Wildman–Crippen LogP) is 5.92. The molecule has 0 N–H and O–H groups in total. The van der Waals surface area contributed by atoms with Crippen molar-refractivity contribution in [2.75, 3.05) is 13.2 Å². The molecule has 0 radical (unpaired) electrons. The average Bonchev–Trinajstić information content (AvgIpc) is 3.21. The summed E-state index contributed by atoms with van der Waals surface area (Å²) in [4.78, 5) is 4.83. The molecule has 0 aliphatic carbocycles. The van der Waals surface area contributed by atoms with E-state index >= 15 is 0 Å². The largest absolute Gasteiger partial charge is 0.673 e. The molecule has 35 heavy (non-hydrogen) atoms. The number of hydrogen-bond acceptors (Lipinski definition) is 4. The highest BCUT2D eigenvalue weighted by atomic mass is 32.2. The molecule has 1 aliphatic rings. The number of aromatic nitrogens is 3. The molecule has 2 aromatic carbocycles. The zero-order valence-electron chi connectivity index (χ0n) is 19.0. The SMILES string of the molecule is Cc1c(OCCCOCc2ccccc2)cc[n+]2c1CSn1c-2nc2ccccc21.F[B-](F)(F)F. The number of imidazole rings is 1. The van der Waals surface area contributed by atoms with E-state index in [1.807, 2.05) is 30.3 Å². The van der Waals surface area contributed by atoms with Gasteiger partial charge in [-0.1, -0.05) is 47.4 Å². The lowest BCUT2D eigenvalue weighted by molar-refractivity contribution is -0.612. The Labute approximate surface area is 204 Å². The highest BCUT2D eigenvalue weighted by molar-refractivity contribution is 7.97. The lowest BCUT2D eigenvalue weighted by Crippen LogP contribution is -2.41. The Morgan fingerprint density at radius 3 is 2.49 bits per heavy atom. The van der Waals surface area contributed by atoms with Gasteiger partial charge >= 0.3 is 13.2 Å². The van der Waals surface area contributed by atoms with Crippen molar-refractivity contribution in [2.24, 2.45) is 0 Å². The minimum absolute atomic E-state index is 0.644. The normalized spacial score (nSPS) is 12.5. The first-order chi connectivity index (χ1) is 16.8. The minimum Gasteiger partial charge on any atom is -0.493 e. The molecule has 5 rings (SSSR count). The van der Waals surface area contributed by atoms with Crippen LogP contribution in [0.5, 0.6) is 5.75 Å². The summed E-state index contributed by atoms with van der Waals surface area (Å²) in [6, 6.07) is 20.6. The summed E-state index contributed by atoms with van der Waals surface area (Å²) in [5.41, 5.74) is 5.79. The van der Waals surface area contributed by atoms with Gasteiger partial charge in [0, 0.05) is 30.0 Å². The van der Waals surface area contributed by atoms with E-state index in [1.54, 1.807) is 11.9 Å². The van der Waals surface area contributed by atoms with Crippen molar-refractivity contribution in [1.82, 2.24) is 8.96 Å². The molecule has 0 saturated carbocycles. The summed E-state index contributed by atoms with van der Waals surface area (Å²) in [5, 5.41) is 0. The number of benzene rings is 2. The van der Waals surface area contributed by atoms with E-state index in [2.05, 4.69) is 52.0 Å². The standard InChI is InChI=1S/C24H24N3O2S.BF4/c1-18-22-17-30-27-21-11-6-5-10-20(21)25-24(27)26(22)13-12-23(18)29-15-7-14-28-16-19-8-3-2-4-9-19;2-1(3,4)5/h2-6,8-13H,7,14-17H2,1H3;/q+1;-1. The van der Waals surface area contributed by atoms with Gasteiger partial charge in [-0.3, -0.25) is 0 Å². The molecule has 0 atom stereocenters. The van der Waals surface area contributed by atoms with Crippen molar-refractivity contribution in [3.05, 3.63) is 83.7 Å². The Kier molecular flexibility index (Phi) is 7.97. The fourth-order valence-corrected chi connectivity index (χ4v) is 4.85. The van der Waals surface area contributed by atoms with Crippen LogP contribution in [-0.2, 0) is 17.1 Å². The van der Waals surface area contributed by atoms with Crippen LogP contribution in [0.15, 0.2) is 66.9 Å². The molecule has 0 amide bonds. The Hall–Kier alpha value is -3.05. The lowest BCUT2D eigenvalue weighted by Gasteiger charge is -2.17. The van der Waals surface area contributed by atoms with E-state index in [1.165, 1.54) is 16.8 Å². The number of ether oxygens (including phenoxy) is 2. The van der Waals surface area contributed by atoms with Crippen LogP contribution >= 0.6 is 11.9 Å². The summed E-state index contributed by atoms with van der Waals surface area (Å²) in [6.45, 7) is 4.11. The molecule has 3 heterocycles. The third-order valence-corrected chi connectivity index (χ3v) is 6.34. The Bertz CT molecular complexity index is 1280. The topological polar surface area (TPSA) is 40.2 Å². The third kappa shape index (κ3) is 6.55. The van der Waals surface area contributed by atoms with Gasteiger partial charge in [-0.2, -0.15) is 3.97 Å². The first kappa shape index (κ1) is 25.1. The summed E-state index contributed by atoms with van der Waals surface area (Å²) in [7, 11) is -6.00. The Balaban J connectivity index is 0.000000527. The second kappa shape index (κ2) is 11.1. The molecule has 0 spiro atoms. The maximum absolute atomic E-state index is 9.75. The summed E-state index contributed by atoms with van der Waals surface area (Å²) in [5.74, 6) is 2.78. The fourth-order valence-electron chi connectivity index (χ4n) is 3.71. The van der Waals surface area contributed by atoms with Gasteiger partial charge in [0.25, 0.3) is 0 Å². The molecule has 4 aromatic rings. The maximum atomic E-state index is 9.75. The number of rotatable bonds is 7. The number of nitrogens with zero attached hydrogens (tertiary/aromatic N) is 3. The number of para-hydroxylation sites is 2. The molecule has 2 aromatic heterocycles. The van der Waals surface area contributed by atoms with Crippen LogP contribution in [0.4, 0.5) is 17.3 Å². The van der Waals surface area contributed by atoms with Crippen LogP contribution in [0.1, 0.15) is 23.2 Å². The Morgan fingerprint density at radius 1 is 1.00 bits per heavy atom. The van der Waals surface area contributed by atoms with Crippen LogP contribution in [0.2, 0.25) is 0 Å². The number of fused-ring (bicyclic) bond motifs is 5. The zero-order chi connectivity index (χ0) is 24.8. The minimum atomic E-state index is -6.00. The van der Waals surface area contributed by atoms with Crippen molar-refractivity contribution >= 4 is 30.2 Å². The van der Waals surface area contributed by atoms with E-state index in [0.717, 1.165) is 34.9 Å². The van der Waals surface area contributed by atoms with Crippen molar-refractivity contribution in [3.8, 4) is 11.7 Å². The molecular weight excluding hydrogens is 481 g/mol. The molecule has 5 nitrogen and oxygen atoms in total. The van der Waals surface area contributed by atoms with Gasteiger partial charge < -0.3 is 26.7 Å². The predicted molar refractivity (Wildman–Crippen MR) is 129 cm³/mol. The van der Waals surface area contributed by atoms with Crippen molar-refractivity contribution in [2.45, 2.75) is 25.7 Å². The first-order valence-electron chi connectivity index (χ1n) is 11.1. The molecule has 11 heteroatoms. The average molecular weight is 505 g/mol. The van der Waals surface area contributed by atoms with E-state index in [4.69, 9.17) is 14.5 Å². The van der Waals surface area contributed by atoms with Crippen molar-refractivity contribution < 1.29 is 31.3 Å².